The summed E-state index contributed by atoms with van der Waals surface area (Å²) in [6.07, 6.45) is 1.36. The summed E-state index contributed by atoms with van der Waals surface area (Å²) in [6, 6.07) is 3.07. The topological polar surface area (TPSA) is 35.3 Å². The van der Waals surface area contributed by atoms with E-state index in [1.165, 1.54) is 6.20 Å². The normalized spacial score (nSPS) is 10.4. The lowest BCUT2D eigenvalue weighted by Gasteiger charge is -1.97. The zero-order valence-corrected chi connectivity index (χ0v) is 8.54. The molecule has 0 N–H and O–H groups in total. The summed E-state index contributed by atoms with van der Waals surface area (Å²) in [6.45, 7) is 2.23. The molecule has 0 saturated heterocycles. The average Bonchev–Trinajstić information content (AvgIpc) is 2.65. The third kappa shape index (κ3) is 2.18. The number of hydrogen-bond acceptors (Lipinski definition) is 3. The number of aromatic nitrogens is 1. The molecule has 0 aliphatic heterocycles. The van der Waals surface area contributed by atoms with Crippen molar-refractivity contribution in [1.82, 2.24) is 4.98 Å². The highest BCUT2D eigenvalue weighted by Gasteiger charge is 2.09. The SMILES string of the molecule is CCOc1cnc(-c2cc(F)cc(F)c2)o1. The third-order valence-electron chi connectivity index (χ3n) is 1.88. The van der Waals surface area contributed by atoms with Crippen LogP contribution in [0.1, 0.15) is 6.92 Å². The molecule has 2 aromatic rings. The molecule has 5 heteroatoms. The second-order valence-electron chi connectivity index (χ2n) is 3.08. The van der Waals surface area contributed by atoms with Crippen molar-refractivity contribution in [3.8, 4) is 17.4 Å². The molecule has 0 spiro atoms. The fourth-order valence-corrected chi connectivity index (χ4v) is 1.28. The van der Waals surface area contributed by atoms with E-state index in [-0.39, 0.29) is 17.4 Å². The van der Waals surface area contributed by atoms with E-state index in [0.717, 1.165) is 18.2 Å². The van der Waals surface area contributed by atoms with Crippen LogP contribution in [-0.4, -0.2) is 11.6 Å². The molecule has 16 heavy (non-hydrogen) atoms. The van der Waals surface area contributed by atoms with E-state index in [1.807, 2.05) is 0 Å². The van der Waals surface area contributed by atoms with Crippen LogP contribution in [0.25, 0.3) is 11.5 Å². The van der Waals surface area contributed by atoms with Gasteiger partial charge in [-0.1, -0.05) is 0 Å². The van der Waals surface area contributed by atoms with Crippen LogP contribution in [-0.2, 0) is 0 Å². The van der Waals surface area contributed by atoms with Crippen LogP contribution in [0.3, 0.4) is 0 Å². The van der Waals surface area contributed by atoms with Crippen LogP contribution < -0.4 is 4.74 Å². The summed E-state index contributed by atoms with van der Waals surface area (Å²) in [4.78, 5) is 3.86. The molecule has 0 atom stereocenters. The van der Waals surface area contributed by atoms with E-state index < -0.39 is 11.6 Å². The lowest BCUT2D eigenvalue weighted by Crippen LogP contribution is -1.88. The standard InChI is InChI=1S/C11H9F2NO2/c1-2-15-10-6-14-11(16-10)7-3-8(12)5-9(13)4-7/h3-6H,2H2,1H3. The molecule has 84 valence electrons. The average molecular weight is 225 g/mol. The Morgan fingerprint density at radius 2 is 1.94 bits per heavy atom. The summed E-state index contributed by atoms with van der Waals surface area (Å²) in [5.41, 5.74) is 0.239. The second-order valence-corrected chi connectivity index (χ2v) is 3.08. The number of hydrogen-bond donors (Lipinski definition) is 0. The highest BCUT2D eigenvalue weighted by molar-refractivity contribution is 5.53. The molecule has 0 amide bonds. The molecule has 0 radical (unpaired) electrons. The maximum atomic E-state index is 12.9. The summed E-state index contributed by atoms with van der Waals surface area (Å²) in [5.74, 6) is -0.999. The summed E-state index contributed by atoms with van der Waals surface area (Å²) in [7, 11) is 0. The summed E-state index contributed by atoms with van der Waals surface area (Å²) < 4.78 is 36.1. The number of oxazole rings is 1. The first kappa shape index (κ1) is 10.6. The van der Waals surface area contributed by atoms with Gasteiger partial charge in [-0.3, -0.25) is 0 Å². The first-order chi connectivity index (χ1) is 7.69. The van der Waals surface area contributed by atoms with E-state index in [9.17, 15) is 8.78 Å². The van der Waals surface area contributed by atoms with Gasteiger partial charge in [0.2, 0.25) is 5.89 Å². The zero-order valence-electron chi connectivity index (χ0n) is 8.54. The molecule has 1 aromatic heterocycles. The van der Waals surface area contributed by atoms with Crippen molar-refractivity contribution in [2.24, 2.45) is 0 Å². The van der Waals surface area contributed by atoms with E-state index in [0.29, 0.717) is 6.61 Å². The highest BCUT2D eigenvalue weighted by Crippen LogP contribution is 2.24. The largest absolute Gasteiger partial charge is 0.464 e. The van der Waals surface area contributed by atoms with Crippen molar-refractivity contribution >= 4 is 0 Å². The van der Waals surface area contributed by atoms with Gasteiger partial charge < -0.3 is 9.15 Å². The molecule has 1 aromatic carbocycles. The van der Waals surface area contributed by atoms with Crippen molar-refractivity contribution in [2.45, 2.75) is 6.92 Å². The van der Waals surface area contributed by atoms with Crippen LogP contribution in [0.2, 0.25) is 0 Å². The Hall–Kier alpha value is -1.91. The van der Waals surface area contributed by atoms with Gasteiger partial charge in [-0.15, -0.1) is 0 Å². The Labute approximate surface area is 90.7 Å². The molecule has 0 fully saturated rings. The lowest BCUT2D eigenvalue weighted by atomic mass is 10.2. The van der Waals surface area contributed by atoms with Crippen molar-refractivity contribution in [3.63, 3.8) is 0 Å². The van der Waals surface area contributed by atoms with E-state index in [1.54, 1.807) is 6.92 Å². The fourth-order valence-electron chi connectivity index (χ4n) is 1.28. The molecule has 0 unspecified atom stereocenters. The van der Waals surface area contributed by atoms with Crippen LogP contribution in [0.5, 0.6) is 5.95 Å². The Bertz CT molecular complexity index is 476. The van der Waals surface area contributed by atoms with Gasteiger partial charge in [0.25, 0.3) is 0 Å². The minimum Gasteiger partial charge on any atom is -0.464 e. The van der Waals surface area contributed by atoms with Crippen molar-refractivity contribution in [2.75, 3.05) is 6.61 Å². The monoisotopic (exact) mass is 225 g/mol. The molecule has 0 bridgehead atoms. The molecule has 2 rings (SSSR count). The number of ether oxygens (including phenoxy) is 1. The van der Waals surface area contributed by atoms with Crippen LogP contribution in [0, 0.1) is 11.6 Å². The number of halogens is 2. The van der Waals surface area contributed by atoms with Gasteiger partial charge in [-0.2, -0.15) is 0 Å². The van der Waals surface area contributed by atoms with Gasteiger partial charge in [0.15, 0.2) is 0 Å². The van der Waals surface area contributed by atoms with E-state index in [2.05, 4.69) is 4.98 Å². The van der Waals surface area contributed by atoms with Crippen molar-refractivity contribution in [1.29, 1.82) is 0 Å². The maximum absolute atomic E-state index is 12.9. The van der Waals surface area contributed by atoms with E-state index >= 15 is 0 Å². The summed E-state index contributed by atoms with van der Waals surface area (Å²) in [5, 5.41) is 0. The molecular weight excluding hydrogens is 216 g/mol. The lowest BCUT2D eigenvalue weighted by molar-refractivity contribution is 0.260. The van der Waals surface area contributed by atoms with Crippen LogP contribution >= 0.6 is 0 Å². The van der Waals surface area contributed by atoms with Crippen LogP contribution in [0.4, 0.5) is 8.78 Å². The predicted molar refractivity (Wildman–Crippen MR) is 53.0 cm³/mol. The van der Waals surface area contributed by atoms with Gasteiger partial charge in [-0.05, 0) is 19.1 Å². The quantitative estimate of drug-likeness (QED) is 0.805. The first-order valence-electron chi connectivity index (χ1n) is 4.74. The van der Waals surface area contributed by atoms with Gasteiger partial charge in [-0.25, -0.2) is 13.8 Å². The number of rotatable bonds is 3. The van der Waals surface area contributed by atoms with E-state index in [4.69, 9.17) is 9.15 Å². The van der Waals surface area contributed by atoms with Crippen LogP contribution in [0.15, 0.2) is 28.8 Å². The third-order valence-corrected chi connectivity index (χ3v) is 1.88. The highest BCUT2D eigenvalue weighted by atomic mass is 19.1. The predicted octanol–water partition coefficient (Wildman–Crippen LogP) is 3.02. The molecular formula is C11H9F2NO2. The Morgan fingerprint density at radius 1 is 1.25 bits per heavy atom. The first-order valence-corrected chi connectivity index (χ1v) is 4.74. The molecule has 3 nitrogen and oxygen atoms in total. The fraction of sp³-hybridized carbons (Fsp3) is 0.182. The van der Waals surface area contributed by atoms with Gasteiger partial charge in [0, 0.05) is 11.6 Å². The van der Waals surface area contributed by atoms with Crippen molar-refractivity contribution in [3.05, 3.63) is 36.0 Å². The number of benzene rings is 1. The van der Waals surface area contributed by atoms with Gasteiger partial charge in [0.05, 0.1) is 6.61 Å². The molecule has 0 saturated carbocycles. The zero-order chi connectivity index (χ0) is 11.5. The Balaban J connectivity index is 2.34. The molecule has 0 aliphatic rings. The van der Waals surface area contributed by atoms with Gasteiger partial charge >= 0.3 is 5.95 Å². The van der Waals surface area contributed by atoms with Crippen molar-refractivity contribution < 1.29 is 17.9 Å². The Morgan fingerprint density at radius 3 is 2.56 bits per heavy atom. The minimum atomic E-state index is -0.675. The second kappa shape index (κ2) is 4.30. The van der Waals surface area contributed by atoms with Gasteiger partial charge in [0.1, 0.15) is 17.8 Å². The minimum absolute atomic E-state index is 0.127. The smallest absolute Gasteiger partial charge is 0.305 e. The molecule has 1 heterocycles. The number of nitrogens with zero attached hydrogens (tertiary/aromatic N) is 1. The summed E-state index contributed by atoms with van der Waals surface area (Å²) >= 11 is 0. The Kier molecular flexibility index (Phi) is 2.85. The maximum Gasteiger partial charge on any atom is 0.305 e. The molecule has 0 aliphatic carbocycles.